The standard InChI is InChI=1S/C14H17BF2O5/c1-13(2)14(3,4)22-15(21-13)8-5-6-9(11(18)19)10(7-8)20-12(16)17/h5-7,12H,1-4H3,(H,18,19). The van der Waals surface area contributed by atoms with Crippen molar-refractivity contribution in [3.05, 3.63) is 23.8 Å². The van der Waals surface area contributed by atoms with Crippen LogP contribution >= 0.6 is 0 Å². The van der Waals surface area contributed by atoms with Gasteiger partial charge in [-0.2, -0.15) is 8.78 Å². The van der Waals surface area contributed by atoms with Crippen LogP contribution in [-0.2, 0) is 9.31 Å². The molecule has 0 atom stereocenters. The maximum absolute atomic E-state index is 12.4. The molecule has 22 heavy (non-hydrogen) atoms. The molecule has 2 rings (SSSR count). The summed E-state index contributed by atoms with van der Waals surface area (Å²) in [6.45, 7) is 4.31. The fraction of sp³-hybridized carbons (Fsp3) is 0.500. The Labute approximate surface area is 127 Å². The molecule has 0 bridgehead atoms. The summed E-state index contributed by atoms with van der Waals surface area (Å²) in [5.74, 6) is -1.77. The van der Waals surface area contributed by atoms with E-state index in [0.29, 0.717) is 5.46 Å². The molecule has 0 spiro atoms. The van der Waals surface area contributed by atoms with Crippen LogP contribution in [0.15, 0.2) is 18.2 Å². The van der Waals surface area contributed by atoms with Gasteiger partial charge in [-0.25, -0.2) is 4.79 Å². The van der Waals surface area contributed by atoms with Crippen LogP contribution in [0.2, 0.25) is 0 Å². The predicted octanol–water partition coefficient (Wildman–Crippen LogP) is 2.29. The van der Waals surface area contributed by atoms with Gasteiger partial charge in [0.1, 0.15) is 11.3 Å². The third kappa shape index (κ3) is 3.07. The van der Waals surface area contributed by atoms with Crippen molar-refractivity contribution in [2.45, 2.75) is 45.5 Å². The molecule has 1 aromatic rings. The van der Waals surface area contributed by atoms with Crippen LogP contribution < -0.4 is 10.2 Å². The topological polar surface area (TPSA) is 65.0 Å². The van der Waals surface area contributed by atoms with Gasteiger partial charge >= 0.3 is 19.7 Å². The highest BCUT2D eigenvalue weighted by atomic mass is 19.3. The highest BCUT2D eigenvalue weighted by Crippen LogP contribution is 2.36. The summed E-state index contributed by atoms with van der Waals surface area (Å²) in [6, 6.07) is 3.86. The van der Waals surface area contributed by atoms with Gasteiger partial charge in [0.05, 0.1) is 11.2 Å². The van der Waals surface area contributed by atoms with Crippen molar-refractivity contribution in [1.82, 2.24) is 0 Å². The zero-order valence-electron chi connectivity index (χ0n) is 12.7. The van der Waals surface area contributed by atoms with Gasteiger partial charge in [-0.1, -0.05) is 6.07 Å². The molecule has 5 nitrogen and oxygen atoms in total. The van der Waals surface area contributed by atoms with Crippen LogP contribution in [0, 0.1) is 0 Å². The van der Waals surface area contributed by atoms with Crippen LogP contribution in [0.3, 0.4) is 0 Å². The van der Waals surface area contributed by atoms with E-state index in [-0.39, 0.29) is 5.56 Å². The number of alkyl halides is 2. The molecule has 0 saturated carbocycles. The molecule has 1 aromatic carbocycles. The zero-order valence-corrected chi connectivity index (χ0v) is 12.7. The second-order valence-corrected chi connectivity index (χ2v) is 6.03. The summed E-state index contributed by atoms with van der Waals surface area (Å²) in [7, 11) is -0.784. The van der Waals surface area contributed by atoms with E-state index in [1.807, 2.05) is 27.7 Å². The second-order valence-electron chi connectivity index (χ2n) is 6.03. The molecule has 0 radical (unpaired) electrons. The smallest absolute Gasteiger partial charge is 0.478 e. The van der Waals surface area contributed by atoms with Crippen molar-refractivity contribution in [2.24, 2.45) is 0 Å². The molecule has 1 aliphatic heterocycles. The first-order valence-electron chi connectivity index (χ1n) is 6.71. The molecule has 0 amide bonds. The van der Waals surface area contributed by atoms with Gasteiger partial charge < -0.3 is 19.2 Å². The Balaban J connectivity index is 2.36. The van der Waals surface area contributed by atoms with E-state index in [2.05, 4.69) is 4.74 Å². The van der Waals surface area contributed by atoms with Crippen molar-refractivity contribution < 1.29 is 32.7 Å². The highest BCUT2D eigenvalue weighted by Gasteiger charge is 2.51. The number of benzene rings is 1. The first kappa shape index (κ1) is 16.7. The van der Waals surface area contributed by atoms with Crippen molar-refractivity contribution in [3.8, 4) is 5.75 Å². The Hall–Kier alpha value is -1.67. The van der Waals surface area contributed by atoms with Crippen molar-refractivity contribution in [3.63, 3.8) is 0 Å². The lowest BCUT2D eigenvalue weighted by atomic mass is 9.78. The van der Waals surface area contributed by atoms with E-state index in [0.717, 1.165) is 0 Å². The van der Waals surface area contributed by atoms with Crippen molar-refractivity contribution in [1.29, 1.82) is 0 Å². The van der Waals surface area contributed by atoms with Gasteiger partial charge in [-0.3, -0.25) is 0 Å². The van der Waals surface area contributed by atoms with E-state index < -0.39 is 36.7 Å². The summed E-state index contributed by atoms with van der Waals surface area (Å²) in [5, 5.41) is 9.01. The number of halogens is 2. The van der Waals surface area contributed by atoms with Gasteiger partial charge in [-0.15, -0.1) is 0 Å². The minimum Gasteiger partial charge on any atom is -0.478 e. The molecule has 1 fully saturated rings. The van der Waals surface area contributed by atoms with Gasteiger partial charge in [-0.05, 0) is 45.3 Å². The Morgan fingerprint density at radius 2 is 1.77 bits per heavy atom. The summed E-state index contributed by atoms with van der Waals surface area (Å²) in [4.78, 5) is 11.1. The third-order valence-electron chi connectivity index (χ3n) is 3.98. The van der Waals surface area contributed by atoms with E-state index >= 15 is 0 Å². The fourth-order valence-corrected chi connectivity index (χ4v) is 2.03. The van der Waals surface area contributed by atoms with Gasteiger partial charge in [0.25, 0.3) is 0 Å². The lowest BCUT2D eigenvalue weighted by Gasteiger charge is -2.32. The summed E-state index contributed by atoms with van der Waals surface area (Å²) < 4.78 is 40.8. The Morgan fingerprint density at radius 1 is 1.23 bits per heavy atom. The van der Waals surface area contributed by atoms with E-state index in [1.54, 1.807) is 0 Å². The molecular formula is C14H17BF2O5. The van der Waals surface area contributed by atoms with Crippen LogP contribution in [-0.4, -0.2) is 36.0 Å². The lowest BCUT2D eigenvalue weighted by molar-refractivity contribution is -0.0502. The molecule has 120 valence electrons. The van der Waals surface area contributed by atoms with Gasteiger partial charge in [0.15, 0.2) is 0 Å². The Bertz CT molecular complexity index is 573. The molecule has 0 aliphatic carbocycles. The first-order chi connectivity index (χ1) is 10.0. The zero-order chi connectivity index (χ0) is 16.7. The number of rotatable bonds is 4. The molecule has 0 unspecified atom stereocenters. The van der Waals surface area contributed by atoms with Crippen LogP contribution in [0.1, 0.15) is 38.1 Å². The molecular weight excluding hydrogens is 297 g/mol. The van der Waals surface area contributed by atoms with Crippen molar-refractivity contribution >= 4 is 18.6 Å². The number of carboxylic acid groups (broad SMARTS) is 1. The van der Waals surface area contributed by atoms with Crippen LogP contribution in [0.4, 0.5) is 8.78 Å². The predicted molar refractivity (Wildman–Crippen MR) is 75.7 cm³/mol. The molecule has 1 heterocycles. The molecule has 8 heteroatoms. The average molecular weight is 314 g/mol. The second kappa shape index (κ2) is 5.51. The summed E-state index contributed by atoms with van der Waals surface area (Å²) in [5.41, 5.74) is -1.11. The fourth-order valence-electron chi connectivity index (χ4n) is 2.03. The average Bonchev–Trinajstić information content (AvgIpc) is 2.57. The van der Waals surface area contributed by atoms with E-state index in [4.69, 9.17) is 14.4 Å². The minimum absolute atomic E-state index is 0.347. The highest BCUT2D eigenvalue weighted by molar-refractivity contribution is 6.62. The van der Waals surface area contributed by atoms with Gasteiger partial charge in [0, 0.05) is 0 Å². The summed E-state index contributed by atoms with van der Waals surface area (Å²) >= 11 is 0. The Kier molecular flexibility index (Phi) is 4.19. The number of aromatic carboxylic acids is 1. The third-order valence-corrected chi connectivity index (χ3v) is 3.98. The maximum Gasteiger partial charge on any atom is 0.494 e. The molecule has 1 N–H and O–H groups in total. The normalized spacial score (nSPS) is 19.5. The van der Waals surface area contributed by atoms with Crippen LogP contribution in [0.25, 0.3) is 0 Å². The largest absolute Gasteiger partial charge is 0.494 e. The Morgan fingerprint density at radius 3 is 2.23 bits per heavy atom. The quantitative estimate of drug-likeness (QED) is 0.864. The number of ether oxygens (including phenoxy) is 1. The number of carboxylic acids is 1. The monoisotopic (exact) mass is 314 g/mol. The molecule has 0 aromatic heterocycles. The molecule has 1 aliphatic rings. The SMILES string of the molecule is CC1(C)OB(c2ccc(C(=O)O)c(OC(F)F)c2)OC1(C)C. The number of hydrogen-bond acceptors (Lipinski definition) is 4. The lowest BCUT2D eigenvalue weighted by Crippen LogP contribution is -2.41. The van der Waals surface area contributed by atoms with E-state index in [9.17, 15) is 13.6 Å². The van der Waals surface area contributed by atoms with Gasteiger partial charge in [0.2, 0.25) is 0 Å². The number of carbonyl (C=O) groups is 1. The number of hydrogen-bond donors (Lipinski definition) is 1. The summed E-state index contributed by atoms with van der Waals surface area (Å²) in [6.07, 6.45) is 0. The van der Waals surface area contributed by atoms with Crippen LogP contribution in [0.5, 0.6) is 5.75 Å². The van der Waals surface area contributed by atoms with Crippen molar-refractivity contribution in [2.75, 3.05) is 0 Å². The minimum atomic E-state index is -3.12. The maximum atomic E-state index is 12.4. The first-order valence-corrected chi connectivity index (χ1v) is 6.71. The molecule has 1 saturated heterocycles. The van der Waals surface area contributed by atoms with E-state index in [1.165, 1.54) is 18.2 Å².